The Morgan fingerprint density at radius 2 is 1.89 bits per heavy atom. The van der Waals surface area contributed by atoms with E-state index in [1.165, 1.54) is 6.08 Å². The topological polar surface area (TPSA) is 26.3 Å². The van der Waals surface area contributed by atoms with E-state index in [4.69, 9.17) is 0 Å². The van der Waals surface area contributed by atoms with Crippen LogP contribution in [0.3, 0.4) is 0 Å². The maximum absolute atomic E-state index is 10.3. The van der Waals surface area contributed by atoms with Crippen molar-refractivity contribution in [3.8, 4) is 0 Å². The van der Waals surface area contributed by atoms with Crippen molar-refractivity contribution in [3.63, 3.8) is 0 Å². The van der Waals surface area contributed by atoms with Crippen LogP contribution < -0.4 is 0 Å². The number of rotatable bonds is 3. The number of carbonyl (C=O) groups excluding carboxylic acids is 1. The summed E-state index contributed by atoms with van der Waals surface area (Å²) < 4.78 is 4.48. The molecule has 0 aromatic rings. The molecule has 0 aliphatic carbocycles. The van der Waals surface area contributed by atoms with Gasteiger partial charge in [-0.05, 0) is 6.08 Å². The van der Waals surface area contributed by atoms with E-state index < -0.39 is 5.97 Å². The van der Waals surface area contributed by atoms with Gasteiger partial charge in [0.2, 0.25) is 0 Å². The van der Waals surface area contributed by atoms with Crippen LogP contribution in [-0.2, 0) is 9.53 Å². The molecule has 0 amide bonds. The van der Waals surface area contributed by atoms with Gasteiger partial charge in [-0.15, -0.1) is 0 Å². The Morgan fingerprint density at radius 1 is 1.33 bits per heavy atom. The Balaban J connectivity index is 3.73. The van der Waals surface area contributed by atoms with Gasteiger partial charge >= 0.3 is 5.97 Å². The van der Waals surface area contributed by atoms with Crippen LogP contribution in [0.25, 0.3) is 0 Å². The molecule has 48 valence electrons. The summed E-state index contributed by atoms with van der Waals surface area (Å²) >= 11 is 0. The van der Waals surface area contributed by atoms with Gasteiger partial charge in [0, 0.05) is 6.08 Å². The van der Waals surface area contributed by atoms with Crippen LogP contribution in [0.15, 0.2) is 37.6 Å². The zero-order valence-corrected chi connectivity index (χ0v) is 5.09. The fourth-order valence-electron chi connectivity index (χ4n) is 0.213. The highest BCUT2D eigenvalue weighted by molar-refractivity contribution is 5.82. The Morgan fingerprint density at radius 3 is 2.22 bits per heavy atom. The van der Waals surface area contributed by atoms with Gasteiger partial charge in [-0.2, -0.15) is 0 Å². The average molecular weight is 124 g/mol. The summed E-state index contributed by atoms with van der Waals surface area (Å²) in [5.74, 6) is -0.278. The zero-order chi connectivity index (χ0) is 7.28. The van der Waals surface area contributed by atoms with E-state index in [1.54, 1.807) is 0 Å². The molecule has 0 rings (SSSR count). The summed E-state index contributed by atoms with van der Waals surface area (Å²) in [6, 6.07) is 0. The summed E-state index contributed by atoms with van der Waals surface area (Å²) in [5.41, 5.74) is 0. The molecule has 9 heavy (non-hydrogen) atoms. The predicted octanol–water partition coefficient (Wildman–Crippen LogP) is 1.42. The molecule has 0 radical (unpaired) electrons. The van der Waals surface area contributed by atoms with Crippen LogP contribution in [-0.4, -0.2) is 5.97 Å². The van der Waals surface area contributed by atoms with Crippen LogP contribution in [0.1, 0.15) is 0 Å². The first-order chi connectivity index (χ1) is 4.20. The molecular formula is C7H8O2. The Hall–Kier alpha value is -1.31. The largest absolute Gasteiger partial charge is 0.424 e. The lowest BCUT2D eigenvalue weighted by atomic mass is 10.5. The monoisotopic (exact) mass is 124 g/mol. The number of allylic oxidation sites excluding steroid dienone is 1. The zero-order valence-electron chi connectivity index (χ0n) is 5.09. The molecule has 0 aromatic heterocycles. The highest BCUT2D eigenvalue weighted by Crippen LogP contribution is 1.93. The van der Waals surface area contributed by atoms with Crippen molar-refractivity contribution in [2.45, 2.75) is 0 Å². The second-order valence-corrected chi connectivity index (χ2v) is 1.30. The van der Waals surface area contributed by atoms with Gasteiger partial charge in [0.15, 0.2) is 0 Å². The summed E-state index contributed by atoms with van der Waals surface area (Å²) in [5, 5.41) is 0. The SMILES string of the molecule is C=CC(=C)OC(=O)C=C. The van der Waals surface area contributed by atoms with Crippen molar-refractivity contribution in [1.82, 2.24) is 0 Å². The molecule has 0 saturated heterocycles. The van der Waals surface area contributed by atoms with Crippen LogP contribution in [0, 0.1) is 0 Å². The first-order valence-corrected chi connectivity index (χ1v) is 2.36. The molecule has 0 aliphatic heterocycles. The van der Waals surface area contributed by atoms with Crippen molar-refractivity contribution in [2.24, 2.45) is 0 Å². The van der Waals surface area contributed by atoms with Gasteiger partial charge in [0.05, 0.1) is 0 Å². The van der Waals surface area contributed by atoms with E-state index in [9.17, 15) is 4.79 Å². The lowest BCUT2D eigenvalue weighted by Crippen LogP contribution is -1.96. The quantitative estimate of drug-likeness (QED) is 0.246. The standard InChI is InChI=1S/C7H8O2/c1-4-6(3)9-7(8)5-2/h4-5H,1-3H2. The van der Waals surface area contributed by atoms with Gasteiger partial charge in [-0.25, -0.2) is 4.79 Å². The number of hydrogen-bond donors (Lipinski definition) is 0. The third kappa shape index (κ3) is 3.29. The molecule has 0 fully saturated rings. The van der Waals surface area contributed by atoms with E-state index in [-0.39, 0.29) is 5.76 Å². The van der Waals surface area contributed by atoms with Crippen molar-refractivity contribution in [3.05, 3.63) is 37.6 Å². The third-order valence-electron chi connectivity index (χ3n) is 0.626. The highest BCUT2D eigenvalue weighted by Gasteiger charge is 1.93. The maximum Gasteiger partial charge on any atom is 0.335 e. The Bertz CT molecular complexity index is 138. The fourth-order valence-corrected chi connectivity index (χ4v) is 0.213. The van der Waals surface area contributed by atoms with E-state index in [0.717, 1.165) is 6.08 Å². The lowest BCUT2D eigenvalue weighted by Gasteiger charge is -1.96. The van der Waals surface area contributed by atoms with Gasteiger partial charge < -0.3 is 4.74 Å². The molecule has 0 saturated carbocycles. The second kappa shape index (κ2) is 3.66. The van der Waals surface area contributed by atoms with E-state index >= 15 is 0 Å². The maximum atomic E-state index is 10.3. The number of carbonyl (C=O) groups is 1. The molecule has 0 spiro atoms. The van der Waals surface area contributed by atoms with Crippen molar-refractivity contribution < 1.29 is 9.53 Å². The average Bonchev–Trinajstić information content (AvgIpc) is 1.87. The molecular weight excluding hydrogens is 116 g/mol. The van der Waals surface area contributed by atoms with Crippen LogP contribution in [0.2, 0.25) is 0 Å². The van der Waals surface area contributed by atoms with Crippen LogP contribution >= 0.6 is 0 Å². The molecule has 2 heteroatoms. The van der Waals surface area contributed by atoms with Crippen molar-refractivity contribution >= 4 is 5.97 Å². The summed E-state index contributed by atoms with van der Waals surface area (Å²) in [6.07, 6.45) is 2.41. The number of esters is 1. The first-order valence-electron chi connectivity index (χ1n) is 2.36. The van der Waals surface area contributed by atoms with E-state index in [2.05, 4.69) is 24.5 Å². The molecule has 0 atom stereocenters. The Kier molecular flexibility index (Phi) is 3.13. The van der Waals surface area contributed by atoms with Gasteiger partial charge in [-0.3, -0.25) is 0 Å². The molecule has 0 N–H and O–H groups in total. The predicted molar refractivity (Wildman–Crippen MR) is 35.6 cm³/mol. The molecule has 0 unspecified atom stereocenters. The third-order valence-corrected chi connectivity index (χ3v) is 0.626. The van der Waals surface area contributed by atoms with Crippen LogP contribution in [0.4, 0.5) is 0 Å². The van der Waals surface area contributed by atoms with Crippen molar-refractivity contribution in [2.75, 3.05) is 0 Å². The lowest BCUT2D eigenvalue weighted by molar-refractivity contribution is -0.133. The normalized spacial score (nSPS) is 7.56. The minimum Gasteiger partial charge on any atom is -0.424 e. The summed E-state index contributed by atoms with van der Waals surface area (Å²) in [7, 11) is 0. The van der Waals surface area contributed by atoms with Crippen LogP contribution in [0.5, 0.6) is 0 Å². The summed E-state index contributed by atoms with van der Waals surface area (Å²) in [4.78, 5) is 10.3. The Labute approximate surface area is 54.1 Å². The molecule has 0 aliphatic rings. The minimum absolute atomic E-state index is 0.236. The van der Waals surface area contributed by atoms with Gasteiger partial charge in [0.25, 0.3) is 0 Å². The highest BCUT2D eigenvalue weighted by atomic mass is 16.5. The van der Waals surface area contributed by atoms with Gasteiger partial charge in [0.1, 0.15) is 5.76 Å². The number of hydrogen-bond acceptors (Lipinski definition) is 2. The van der Waals surface area contributed by atoms with E-state index in [1.807, 2.05) is 0 Å². The van der Waals surface area contributed by atoms with Gasteiger partial charge in [-0.1, -0.05) is 19.7 Å². The van der Waals surface area contributed by atoms with Crippen molar-refractivity contribution in [1.29, 1.82) is 0 Å². The number of ether oxygens (including phenoxy) is 1. The molecule has 0 aromatic carbocycles. The molecule has 0 heterocycles. The minimum atomic E-state index is -0.514. The molecule has 2 nitrogen and oxygen atoms in total. The first kappa shape index (κ1) is 7.69. The second-order valence-electron chi connectivity index (χ2n) is 1.30. The fraction of sp³-hybridized carbons (Fsp3) is 0. The molecule has 0 bridgehead atoms. The summed E-state index contributed by atoms with van der Waals surface area (Å²) in [6.45, 7) is 9.89. The van der Waals surface area contributed by atoms with E-state index in [0.29, 0.717) is 0 Å². The smallest absolute Gasteiger partial charge is 0.335 e.